The van der Waals surface area contributed by atoms with E-state index in [0.717, 1.165) is 25.4 Å². The molecule has 0 aliphatic carbocycles. The van der Waals surface area contributed by atoms with Gasteiger partial charge in [-0.1, -0.05) is 65.7 Å². The number of hydrogen-bond acceptors (Lipinski definition) is 2. The minimum absolute atomic E-state index is 0.0310. The maximum absolute atomic E-state index is 6.01. The van der Waals surface area contributed by atoms with Crippen molar-refractivity contribution in [1.82, 2.24) is 5.32 Å². The normalized spacial score (nSPS) is 12.0. The van der Waals surface area contributed by atoms with Crippen LogP contribution in [-0.2, 0) is 4.74 Å². The molecule has 0 spiro atoms. The quantitative estimate of drug-likeness (QED) is 0.566. The molecule has 2 N–H and O–H groups in total. The third-order valence-electron chi connectivity index (χ3n) is 3.95. The van der Waals surface area contributed by atoms with Crippen LogP contribution < -0.4 is 10.6 Å². The highest BCUT2D eigenvalue weighted by molar-refractivity contribution is 7.80. The summed E-state index contributed by atoms with van der Waals surface area (Å²) in [5.41, 5.74) is 1.29. The Morgan fingerprint density at radius 3 is 2.29 bits per heavy atom. The van der Waals surface area contributed by atoms with Crippen LogP contribution in [0.15, 0.2) is 30.3 Å². The lowest BCUT2D eigenvalue weighted by Gasteiger charge is -2.29. The summed E-state index contributed by atoms with van der Waals surface area (Å²) >= 11 is 5.36. The fourth-order valence-corrected chi connectivity index (χ4v) is 2.59. The van der Waals surface area contributed by atoms with Crippen LogP contribution in [0.4, 0.5) is 5.69 Å². The Balaban J connectivity index is 2.29. The van der Waals surface area contributed by atoms with Crippen LogP contribution in [0.25, 0.3) is 0 Å². The molecule has 0 fully saturated rings. The molecule has 0 aromatic heterocycles. The number of ether oxygens (including phenoxy) is 1. The summed E-state index contributed by atoms with van der Waals surface area (Å²) in [5.74, 6) is 0. The Morgan fingerprint density at radius 2 is 1.67 bits per heavy atom. The van der Waals surface area contributed by atoms with Gasteiger partial charge in [-0.25, -0.2) is 0 Å². The van der Waals surface area contributed by atoms with E-state index < -0.39 is 0 Å². The number of hydrogen-bond donors (Lipinski definition) is 2. The van der Waals surface area contributed by atoms with Gasteiger partial charge in [0.1, 0.15) is 0 Å². The van der Waals surface area contributed by atoms with Crippen molar-refractivity contribution in [3.63, 3.8) is 0 Å². The van der Waals surface area contributed by atoms with Gasteiger partial charge in [-0.15, -0.1) is 0 Å². The molecule has 0 saturated heterocycles. The lowest BCUT2D eigenvalue weighted by Crippen LogP contribution is -2.39. The van der Waals surface area contributed by atoms with Crippen LogP contribution in [0.3, 0.4) is 0 Å². The second-order valence-corrected chi connectivity index (χ2v) is 8.51. The molecule has 0 bridgehead atoms. The molecule has 0 aliphatic heterocycles. The maximum atomic E-state index is 6.01. The summed E-state index contributed by atoms with van der Waals surface area (Å²) in [6.07, 6.45) is 3.72. The van der Waals surface area contributed by atoms with Crippen molar-refractivity contribution in [3.05, 3.63) is 30.3 Å². The topological polar surface area (TPSA) is 33.3 Å². The van der Waals surface area contributed by atoms with Gasteiger partial charge in [0.15, 0.2) is 5.11 Å². The zero-order chi connectivity index (χ0) is 18.1. The largest absolute Gasteiger partial charge is 0.380 e. The fourth-order valence-electron chi connectivity index (χ4n) is 2.40. The van der Waals surface area contributed by atoms with Gasteiger partial charge in [0.2, 0.25) is 0 Å². The summed E-state index contributed by atoms with van der Waals surface area (Å²) in [5, 5.41) is 7.14. The van der Waals surface area contributed by atoms with Crippen molar-refractivity contribution in [2.45, 2.75) is 53.9 Å². The molecular formula is C20H34N2OS. The van der Waals surface area contributed by atoms with Gasteiger partial charge in [-0.3, -0.25) is 0 Å². The van der Waals surface area contributed by atoms with Crippen LogP contribution >= 0.6 is 12.2 Å². The molecule has 1 aromatic rings. The number of thiocarbonyl (C=S) groups is 1. The average molecular weight is 351 g/mol. The van der Waals surface area contributed by atoms with E-state index >= 15 is 0 Å². The Morgan fingerprint density at radius 1 is 1.04 bits per heavy atom. The van der Waals surface area contributed by atoms with Crippen molar-refractivity contribution in [2.75, 3.05) is 25.1 Å². The van der Waals surface area contributed by atoms with Crippen molar-refractivity contribution in [3.8, 4) is 0 Å². The molecule has 136 valence electrons. The van der Waals surface area contributed by atoms with E-state index in [4.69, 9.17) is 17.0 Å². The summed E-state index contributed by atoms with van der Waals surface area (Å²) in [4.78, 5) is 0. The zero-order valence-electron chi connectivity index (χ0n) is 15.9. The lowest BCUT2D eigenvalue weighted by atomic mass is 9.88. The molecular weight excluding hydrogens is 316 g/mol. The molecule has 0 radical (unpaired) electrons. The highest BCUT2D eigenvalue weighted by atomic mass is 32.1. The molecule has 4 heteroatoms. The van der Waals surface area contributed by atoms with E-state index in [1.807, 2.05) is 30.3 Å². The molecule has 24 heavy (non-hydrogen) atoms. The highest BCUT2D eigenvalue weighted by Gasteiger charge is 2.22. The predicted octanol–water partition coefficient (Wildman–Crippen LogP) is 5.23. The minimum atomic E-state index is 0.0310. The lowest BCUT2D eigenvalue weighted by molar-refractivity contribution is 0.0133. The van der Waals surface area contributed by atoms with Gasteiger partial charge >= 0.3 is 0 Å². The second-order valence-electron chi connectivity index (χ2n) is 8.10. The SMILES string of the molecule is CCCCC(C)(C)COCC(C)(C)CNC(=S)Nc1ccccc1. The number of unbranched alkanes of at least 4 members (excludes halogenated alkanes) is 1. The number of benzene rings is 1. The summed E-state index contributed by atoms with van der Waals surface area (Å²) in [6.45, 7) is 13.5. The molecule has 1 rings (SSSR count). The van der Waals surface area contributed by atoms with Crippen molar-refractivity contribution >= 4 is 23.0 Å². The number of nitrogens with one attached hydrogen (secondary N) is 2. The fraction of sp³-hybridized carbons (Fsp3) is 0.650. The van der Waals surface area contributed by atoms with E-state index in [9.17, 15) is 0 Å². The van der Waals surface area contributed by atoms with Crippen LogP contribution in [0.5, 0.6) is 0 Å². The van der Waals surface area contributed by atoms with Gasteiger partial charge in [0.05, 0.1) is 13.2 Å². The van der Waals surface area contributed by atoms with E-state index in [0.29, 0.717) is 5.11 Å². The standard InChI is InChI=1S/C20H34N2OS/c1-6-7-13-19(2,3)15-23-16-20(4,5)14-21-18(24)22-17-11-9-8-10-12-17/h8-12H,6-7,13-16H2,1-5H3,(H2,21,22,24). The summed E-state index contributed by atoms with van der Waals surface area (Å²) in [6, 6.07) is 9.97. The first-order valence-corrected chi connectivity index (χ1v) is 9.33. The van der Waals surface area contributed by atoms with E-state index in [1.165, 1.54) is 19.3 Å². The molecule has 0 heterocycles. The van der Waals surface area contributed by atoms with E-state index in [2.05, 4.69) is 45.3 Å². The monoisotopic (exact) mass is 350 g/mol. The van der Waals surface area contributed by atoms with Crippen LogP contribution in [0.2, 0.25) is 0 Å². The van der Waals surface area contributed by atoms with Gasteiger partial charge in [0.25, 0.3) is 0 Å². The molecule has 0 atom stereocenters. The Kier molecular flexibility index (Phi) is 8.71. The minimum Gasteiger partial charge on any atom is -0.380 e. The maximum Gasteiger partial charge on any atom is 0.170 e. The Hall–Kier alpha value is -1.13. The van der Waals surface area contributed by atoms with E-state index in [-0.39, 0.29) is 10.8 Å². The molecule has 3 nitrogen and oxygen atoms in total. The first-order chi connectivity index (χ1) is 11.2. The molecule has 0 saturated carbocycles. The zero-order valence-corrected chi connectivity index (χ0v) is 16.8. The number of para-hydroxylation sites is 1. The smallest absolute Gasteiger partial charge is 0.170 e. The van der Waals surface area contributed by atoms with Crippen molar-refractivity contribution in [1.29, 1.82) is 0 Å². The number of anilines is 1. The summed E-state index contributed by atoms with van der Waals surface area (Å²) in [7, 11) is 0. The van der Waals surface area contributed by atoms with Gasteiger partial charge < -0.3 is 15.4 Å². The first kappa shape index (κ1) is 20.9. The summed E-state index contributed by atoms with van der Waals surface area (Å²) < 4.78 is 6.01. The molecule has 0 aliphatic rings. The van der Waals surface area contributed by atoms with Gasteiger partial charge in [-0.05, 0) is 36.2 Å². The van der Waals surface area contributed by atoms with Crippen LogP contribution in [0.1, 0.15) is 53.9 Å². The third kappa shape index (κ3) is 9.24. The third-order valence-corrected chi connectivity index (χ3v) is 4.20. The second kappa shape index (κ2) is 10.00. The average Bonchev–Trinajstić information content (AvgIpc) is 2.52. The molecule has 0 amide bonds. The van der Waals surface area contributed by atoms with E-state index in [1.54, 1.807) is 0 Å². The number of rotatable bonds is 10. The van der Waals surface area contributed by atoms with Crippen molar-refractivity contribution in [2.24, 2.45) is 10.8 Å². The highest BCUT2D eigenvalue weighted by Crippen LogP contribution is 2.25. The van der Waals surface area contributed by atoms with Crippen LogP contribution in [-0.4, -0.2) is 24.9 Å². The molecule has 0 unspecified atom stereocenters. The Bertz CT molecular complexity index is 486. The first-order valence-electron chi connectivity index (χ1n) is 8.92. The van der Waals surface area contributed by atoms with Gasteiger partial charge in [-0.2, -0.15) is 0 Å². The van der Waals surface area contributed by atoms with Crippen molar-refractivity contribution < 1.29 is 4.74 Å². The Labute approximate surface area is 153 Å². The molecule has 1 aromatic carbocycles. The van der Waals surface area contributed by atoms with Crippen LogP contribution in [0, 0.1) is 10.8 Å². The predicted molar refractivity (Wildman–Crippen MR) is 109 cm³/mol. The van der Waals surface area contributed by atoms with Gasteiger partial charge in [0, 0.05) is 17.6 Å².